The lowest BCUT2D eigenvalue weighted by atomic mass is 9.93. The topological polar surface area (TPSA) is 55.8 Å². The first-order valence-electron chi connectivity index (χ1n) is 7.13. The molecule has 1 saturated heterocycles. The van der Waals surface area contributed by atoms with Crippen LogP contribution >= 0.6 is 0 Å². The Morgan fingerprint density at radius 3 is 2.63 bits per heavy atom. The second kappa shape index (κ2) is 4.86. The molecular weight excluding hydrogens is 260 g/mol. The Balaban J connectivity index is 1.97. The Hall–Kier alpha value is -0.393. The van der Waals surface area contributed by atoms with Crippen molar-refractivity contribution in [3.63, 3.8) is 0 Å². The lowest BCUT2D eigenvalue weighted by Gasteiger charge is -2.37. The zero-order chi connectivity index (χ0) is 14.4. The summed E-state index contributed by atoms with van der Waals surface area (Å²) in [5, 5.41) is 10.3. The molecule has 1 N–H and O–H groups in total. The lowest BCUT2D eigenvalue weighted by Crippen LogP contribution is -2.43. The first kappa shape index (κ1) is 15.0. The molecule has 110 valence electrons. The highest BCUT2D eigenvalue weighted by Crippen LogP contribution is 2.43. The SMILES string of the molecule is CC(C)(C)[Si](C)(C)OC[C@H]1C(O)C[C@@H]2OC(=O)C[C@@H]21. The van der Waals surface area contributed by atoms with Crippen molar-refractivity contribution in [2.45, 2.75) is 64.0 Å². The summed E-state index contributed by atoms with van der Waals surface area (Å²) in [5.74, 6) is 0.0667. The molecule has 0 aromatic rings. The average Bonchev–Trinajstić information content (AvgIpc) is 2.69. The van der Waals surface area contributed by atoms with Gasteiger partial charge in [-0.05, 0) is 18.1 Å². The van der Waals surface area contributed by atoms with Crippen molar-refractivity contribution in [2.75, 3.05) is 6.61 Å². The van der Waals surface area contributed by atoms with Crippen molar-refractivity contribution in [1.29, 1.82) is 0 Å². The van der Waals surface area contributed by atoms with E-state index in [4.69, 9.17) is 9.16 Å². The van der Waals surface area contributed by atoms with Gasteiger partial charge in [0.05, 0.1) is 12.5 Å². The van der Waals surface area contributed by atoms with Gasteiger partial charge in [-0.3, -0.25) is 4.79 Å². The minimum Gasteiger partial charge on any atom is -0.462 e. The highest BCUT2D eigenvalue weighted by atomic mass is 28.4. The molecule has 4 nitrogen and oxygen atoms in total. The van der Waals surface area contributed by atoms with Gasteiger partial charge in [-0.25, -0.2) is 0 Å². The van der Waals surface area contributed by atoms with Gasteiger partial charge < -0.3 is 14.3 Å². The van der Waals surface area contributed by atoms with E-state index < -0.39 is 14.4 Å². The Labute approximate surface area is 116 Å². The average molecular weight is 286 g/mol. The van der Waals surface area contributed by atoms with Crippen LogP contribution in [0.25, 0.3) is 0 Å². The summed E-state index contributed by atoms with van der Waals surface area (Å²) in [6.45, 7) is 11.6. The third-order valence-corrected chi connectivity index (χ3v) is 9.62. The minimum absolute atomic E-state index is 0.0468. The van der Waals surface area contributed by atoms with Crippen molar-refractivity contribution in [3.8, 4) is 0 Å². The summed E-state index contributed by atoms with van der Waals surface area (Å²) in [4.78, 5) is 11.3. The zero-order valence-corrected chi connectivity index (χ0v) is 13.6. The summed E-state index contributed by atoms with van der Waals surface area (Å²) in [6.07, 6.45) is 0.526. The molecule has 1 aliphatic heterocycles. The van der Waals surface area contributed by atoms with E-state index >= 15 is 0 Å². The number of ether oxygens (including phenoxy) is 1. The Morgan fingerprint density at radius 2 is 2.05 bits per heavy atom. The highest BCUT2D eigenvalue weighted by Gasteiger charge is 2.50. The predicted molar refractivity (Wildman–Crippen MR) is 75.2 cm³/mol. The second-order valence-corrected chi connectivity index (χ2v) is 12.2. The van der Waals surface area contributed by atoms with E-state index in [0.29, 0.717) is 19.4 Å². The largest absolute Gasteiger partial charge is 0.462 e. The normalized spacial score (nSPS) is 35.4. The molecular formula is C14H26O4Si. The summed E-state index contributed by atoms with van der Waals surface area (Å²) in [7, 11) is -1.80. The number of fused-ring (bicyclic) bond motifs is 1. The number of hydrogen-bond acceptors (Lipinski definition) is 4. The molecule has 0 aromatic carbocycles. The molecule has 5 heteroatoms. The molecule has 2 aliphatic rings. The van der Waals surface area contributed by atoms with Crippen molar-refractivity contribution in [1.82, 2.24) is 0 Å². The Bertz CT molecular complexity index is 361. The molecule has 2 rings (SSSR count). The molecule has 0 aromatic heterocycles. The lowest BCUT2D eigenvalue weighted by molar-refractivity contribution is -0.141. The van der Waals surface area contributed by atoms with Crippen LogP contribution in [0.5, 0.6) is 0 Å². The Kier molecular flexibility index (Phi) is 3.84. The zero-order valence-electron chi connectivity index (χ0n) is 12.6. The first-order chi connectivity index (χ1) is 8.62. The minimum atomic E-state index is -1.80. The molecule has 4 atom stereocenters. The number of carbonyl (C=O) groups excluding carboxylic acids is 1. The van der Waals surface area contributed by atoms with Gasteiger partial charge in [0.2, 0.25) is 0 Å². The summed E-state index contributed by atoms with van der Waals surface area (Å²) in [5.41, 5.74) is 0. The molecule has 0 amide bonds. The number of rotatable bonds is 3. The van der Waals surface area contributed by atoms with Gasteiger partial charge in [0.1, 0.15) is 6.10 Å². The number of hydrogen-bond donors (Lipinski definition) is 1. The maximum absolute atomic E-state index is 11.3. The van der Waals surface area contributed by atoms with E-state index in [9.17, 15) is 9.90 Å². The van der Waals surface area contributed by atoms with Crippen LogP contribution in [0.3, 0.4) is 0 Å². The number of aliphatic hydroxyl groups is 1. The van der Waals surface area contributed by atoms with E-state index in [1.165, 1.54) is 0 Å². The molecule has 1 heterocycles. The van der Waals surface area contributed by atoms with Crippen LogP contribution in [-0.2, 0) is 14.0 Å². The molecule has 0 bridgehead atoms. The van der Waals surface area contributed by atoms with Crippen LogP contribution in [-0.4, -0.2) is 38.2 Å². The van der Waals surface area contributed by atoms with Crippen molar-refractivity contribution >= 4 is 14.3 Å². The fraction of sp³-hybridized carbons (Fsp3) is 0.929. The van der Waals surface area contributed by atoms with Gasteiger partial charge in [-0.1, -0.05) is 20.8 Å². The van der Waals surface area contributed by atoms with Crippen LogP contribution in [0, 0.1) is 11.8 Å². The third-order valence-electron chi connectivity index (χ3n) is 5.12. The molecule has 1 saturated carbocycles. The van der Waals surface area contributed by atoms with Gasteiger partial charge in [-0.2, -0.15) is 0 Å². The van der Waals surface area contributed by atoms with E-state index in [-0.39, 0.29) is 28.9 Å². The van der Waals surface area contributed by atoms with Gasteiger partial charge in [0.25, 0.3) is 0 Å². The molecule has 19 heavy (non-hydrogen) atoms. The van der Waals surface area contributed by atoms with Crippen LogP contribution in [0.4, 0.5) is 0 Å². The van der Waals surface area contributed by atoms with Crippen molar-refractivity contribution in [2.24, 2.45) is 11.8 Å². The van der Waals surface area contributed by atoms with Crippen molar-refractivity contribution in [3.05, 3.63) is 0 Å². The van der Waals surface area contributed by atoms with Gasteiger partial charge in [-0.15, -0.1) is 0 Å². The molecule has 1 unspecified atom stereocenters. The molecule has 0 radical (unpaired) electrons. The number of carbonyl (C=O) groups is 1. The third kappa shape index (κ3) is 2.88. The van der Waals surface area contributed by atoms with E-state index in [0.717, 1.165) is 0 Å². The second-order valence-electron chi connectivity index (χ2n) is 7.43. The fourth-order valence-electron chi connectivity index (χ4n) is 2.73. The summed E-state index contributed by atoms with van der Waals surface area (Å²) < 4.78 is 11.4. The van der Waals surface area contributed by atoms with Crippen LogP contribution in [0.1, 0.15) is 33.6 Å². The van der Waals surface area contributed by atoms with Gasteiger partial charge in [0, 0.05) is 24.9 Å². The monoisotopic (exact) mass is 286 g/mol. The Morgan fingerprint density at radius 1 is 1.42 bits per heavy atom. The van der Waals surface area contributed by atoms with Gasteiger partial charge >= 0.3 is 5.97 Å². The summed E-state index contributed by atoms with van der Waals surface area (Å²) >= 11 is 0. The molecule has 1 aliphatic carbocycles. The number of aliphatic hydroxyl groups excluding tert-OH is 1. The van der Waals surface area contributed by atoms with Crippen LogP contribution < -0.4 is 0 Å². The quantitative estimate of drug-likeness (QED) is 0.639. The highest BCUT2D eigenvalue weighted by molar-refractivity contribution is 6.74. The molecule has 0 spiro atoms. The predicted octanol–water partition coefficient (Wildman–Crippen LogP) is 2.32. The molecule has 2 fully saturated rings. The maximum atomic E-state index is 11.3. The van der Waals surface area contributed by atoms with E-state index in [2.05, 4.69) is 33.9 Å². The van der Waals surface area contributed by atoms with Crippen LogP contribution in [0.15, 0.2) is 0 Å². The van der Waals surface area contributed by atoms with Crippen molar-refractivity contribution < 1.29 is 19.1 Å². The maximum Gasteiger partial charge on any atom is 0.306 e. The fourth-order valence-corrected chi connectivity index (χ4v) is 3.77. The van der Waals surface area contributed by atoms with E-state index in [1.807, 2.05) is 0 Å². The van der Waals surface area contributed by atoms with Gasteiger partial charge in [0.15, 0.2) is 8.32 Å². The number of esters is 1. The smallest absolute Gasteiger partial charge is 0.306 e. The van der Waals surface area contributed by atoms with Crippen LogP contribution in [0.2, 0.25) is 18.1 Å². The summed E-state index contributed by atoms with van der Waals surface area (Å²) in [6, 6.07) is 0. The van der Waals surface area contributed by atoms with E-state index in [1.54, 1.807) is 0 Å². The standard InChI is InChI=1S/C14H26O4Si/c1-14(2,3)19(4,5)17-8-10-9-6-13(16)18-12(9)7-11(10)15/h9-12,15H,6-8H2,1-5H3/t9-,10-,11?,12+/m1/s1. The first-order valence-corrected chi connectivity index (χ1v) is 10.0.